The number of alkyl halides is 1. The molecule has 7 heteroatoms. The Labute approximate surface area is 106 Å². The van der Waals surface area contributed by atoms with Crippen molar-refractivity contribution >= 4 is 0 Å². The molecule has 2 aromatic rings. The van der Waals surface area contributed by atoms with Gasteiger partial charge in [-0.05, 0) is 18.2 Å². The summed E-state index contributed by atoms with van der Waals surface area (Å²) in [5.74, 6) is -1.52. The van der Waals surface area contributed by atoms with Crippen molar-refractivity contribution in [1.29, 1.82) is 0 Å². The fraction of sp³-hybridized carbons (Fsp3) is 0.333. The highest BCUT2D eigenvalue weighted by Crippen LogP contribution is 2.26. The summed E-state index contributed by atoms with van der Waals surface area (Å²) in [6.07, 6.45) is -0.678. The van der Waals surface area contributed by atoms with Crippen LogP contribution in [0.5, 0.6) is 0 Å². The van der Waals surface area contributed by atoms with E-state index in [1.54, 1.807) is 0 Å². The first-order chi connectivity index (χ1) is 9.13. The van der Waals surface area contributed by atoms with Crippen molar-refractivity contribution in [1.82, 2.24) is 15.5 Å². The Morgan fingerprint density at radius 1 is 1.26 bits per heavy atom. The molecule has 0 radical (unpaired) electrons. The van der Waals surface area contributed by atoms with E-state index in [9.17, 15) is 13.2 Å². The molecule has 2 atom stereocenters. The minimum atomic E-state index is -0.980. The summed E-state index contributed by atoms with van der Waals surface area (Å²) < 4.78 is 44.0. The quantitative estimate of drug-likeness (QED) is 0.909. The molecule has 0 aliphatic carbocycles. The largest absolute Gasteiger partial charge is 0.337 e. The van der Waals surface area contributed by atoms with Gasteiger partial charge in [-0.3, -0.25) is 0 Å². The van der Waals surface area contributed by atoms with E-state index in [1.807, 2.05) is 0 Å². The van der Waals surface area contributed by atoms with Gasteiger partial charge >= 0.3 is 0 Å². The van der Waals surface area contributed by atoms with E-state index in [1.165, 1.54) is 6.07 Å². The summed E-state index contributed by atoms with van der Waals surface area (Å²) in [4.78, 5) is 4.07. The van der Waals surface area contributed by atoms with Gasteiger partial charge in [-0.2, -0.15) is 4.98 Å². The number of hydrogen-bond acceptors (Lipinski definition) is 4. The maximum atomic E-state index is 13.1. The van der Waals surface area contributed by atoms with Crippen molar-refractivity contribution in [3.8, 4) is 11.4 Å². The monoisotopic (exact) mass is 269 g/mol. The van der Waals surface area contributed by atoms with E-state index >= 15 is 0 Å². The minimum absolute atomic E-state index is 0.151. The summed E-state index contributed by atoms with van der Waals surface area (Å²) in [5.41, 5.74) is 0.309. The van der Waals surface area contributed by atoms with E-state index in [0.717, 1.165) is 12.1 Å². The number of rotatable bonds is 2. The van der Waals surface area contributed by atoms with Crippen LogP contribution in [-0.4, -0.2) is 22.9 Å². The van der Waals surface area contributed by atoms with Gasteiger partial charge in [0.2, 0.25) is 11.7 Å². The molecule has 0 unspecified atom stereocenters. The zero-order chi connectivity index (χ0) is 13.4. The maximum absolute atomic E-state index is 13.1. The fourth-order valence-electron chi connectivity index (χ4n) is 2.01. The Hall–Kier alpha value is -1.89. The predicted molar refractivity (Wildman–Crippen MR) is 59.9 cm³/mol. The highest BCUT2D eigenvalue weighted by atomic mass is 19.2. The SMILES string of the molecule is Fc1ccc(-c2noc([C@H]3C[C@H](F)CN3)n2)cc1F. The lowest BCUT2D eigenvalue weighted by Gasteiger charge is -2.01. The molecule has 0 spiro atoms. The van der Waals surface area contributed by atoms with Crippen molar-refractivity contribution in [3.05, 3.63) is 35.7 Å². The van der Waals surface area contributed by atoms with Crippen LogP contribution in [0.1, 0.15) is 18.4 Å². The third-order valence-electron chi connectivity index (χ3n) is 2.99. The smallest absolute Gasteiger partial charge is 0.244 e. The van der Waals surface area contributed by atoms with Crippen LogP contribution in [0, 0.1) is 11.6 Å². The van der Waals surface area contributed by atoms with Crippen LogP contribution >= 0.6 is 0 Å². The van der Waals surface area contributed by atoms with E-state index in [2.05, 4.69) is 15.5 Å². The first-order valence-corrected chi connectivity index (χ1v) is 5.80. The van der Waals surface area contributed by atoms with Gasteiger partial charge in [-0.15, -0.1) is 0 Å². The highest BCUT2D eigenvalue weighted by Gasteiger charge is 2.29. The topological polar surface area (TPSA) is 51.0 Å². The number of nitrogens with zero attached hydrogens (tertiary/aromatic N) is 2. The average Bonchev–Trinajstić information content (AvgIpc) is 3.01. The lowest BCUT2D eigenvalue weighted by molar-refractivity contribution is 0.324. The second-order valence-electron chi connectivity index (χ2n) is 4.38. The first kappa shape index (κ1) is 12.2. The summed E-state index contributed by atoms with van der Waals surface area (Å²) in [5, 5.41) is 6.59. The average molecular weight is 269 g/mol. The van der Waals surface area contributed by atoms with Crippen molar-refractivity contribution < 1.29 is 17.7 Å². The summed E-state index contributed by atoms with van der Waals surface area (Å²) in [6.45, 7) is 0.244. The molecule has 0 amide bonds. The maximum Gasteiger partial charge on any atom is 0.244 e. The van der Waals surface area contributed by atoms with Crippen LogP contribution in [0.15, 0.2) is 22.7 Å². The van der Waals surface area contributed by atoms with Crippen LogP contribution in [0.25, 0.3) is 11.4 Å². The number of benzene rings is 1. The summed E-state index contributed by atoms with van der Waals surface area (Å²) in [6, 6.07) is 3.00. The molecule has 0 bridgehead atoms. The van der Waals surface area contributed by atoms with Crippen LogP contribution in [0.2, 0.25) is 0 Å². The van der Waals surface area contributed by atoms with Crippen molar-refractivity contribution in [3.63, 3.8) is 0 Å². The van der Waals surface area contributed by atoms with Crippen LogP contribution in [-0.2, 0) is 0 Å². The highest BCUT2D eigenvalue weighted by molar-refractivity contribution is 5.54. The molecule has 2 heterocycles. The lowest BCUT2D eigenvalue weighted by atomic mass is 10.2. The van der Waals surface area contributed by atoms with Gasteiger partial charge in [0.1, 0.15) is 6.17 Å². The Bertz CT molecular complexity index is 602. The normalized spacial score (nSPS) is 22.9. The molecular weight excluding hydrogens is 259 g/mol. The molecule has 1 aromatic carbocycles. The molecule has 1 saturated heterocycles. The molecule has 0 saturated carbocycles. The Morgan fingerprint density at radius 2 is 2.11 bits per heavy atom. The number of hydrogen-bond donors (Lipinski definition) is 1. The van der Waals surface area contributed by atoms with Crippen LogP contribution < -0.4 is 5.32 Å². The van der Waals surface area contributed by atoms with Gasteiger partial charge in [0.05, 0.1) is 6.04 Å². The van der Waals surface area contributed by atoms with Gasteiger partial charge < -0.3 is 9.84 Å². The molecule has 1 aliphatic heterocycles. The molecule has 100 valence electrons. The lowest BCUT2D eigenvalue weighted by Crippen LogP contribution is -2.14. The van der Waals surface area contributed by atoms with E-state index in [4.69, 9.17) is 4.52 Å². The first-order valence-electron chi connectivity index (χ1n) is 5.80. The third-order valence-corrected chi connectivity index (χ3v) is 2.99. The molecule has 1 N–H and O–H groups in total. The summed E-state index contributed by atoms with van der Waals surface area (Å²) in [7, 11) is 0. The zero-order valence-corrected chi connectivity index (χ0v) is 9.74. The Kier molecular flexibility index (Phi) is 2.98. The van der Waals surface area contributed by atoms with Crippen molar-refractivity contribution in [2.24, 2.45) is 0 Å². The van der Waals surface area contributed by atoms with E-state index < -0.39 is 17.8 Å². The fourth-order valence-corrected chi connectivity index (χ4v) is 2.01. The molecular formula is C12H10F3N3O. The van der Waals surface area contributed by atoms with Gasteiger partial charge in [-0.25, -0.2) is 13.2 Å². The van der Waals surface area contributed by atoms with Gasteiger partial charge in [-0.1, -0.05) is 5.16 Å². The zero-order valence-electron chi connectivity index (χ0n) is 9.74. The summed E-state index contributed by atoms with van der Waals surface area (Å²) >= 11 is 0. The van der Waals surface area contributed by atoms with E-state index in [-0.39, 0.29) is 30.7 Å². The minimum Gasteiger partial charge on any atom is -0.337 e. The van der Waals surface area contributed by atoms with Gasteiger partial charge in [0.25, 0.3) is 0 Å². The second-order valence-corrected chi connectivity index (χ2v) is 4.38. The van der Waals surface area contributed by atoms with Crippen molar-refractivity contribution in [2.75, 3.05) is 6.54 Å². The number of halogens is 3. The number of aromatic nitrogens is 2. The van der Waals surface area contributed by atoms with Crippen LogP contribution in [0.3, 0.4) is 0 Å². The van der Waals surface area contributed by atoms with E-state index in [0.29, 0.717) is 5.56 Å². The Morgan fingerprint density at radius 3 is 2.79 bits per heavy atom. The molecule has 1 fully saturated rings. The van der Waals surface area contributed by atoms with Gasteiger partial charge in [0.15, 0.2) is 11.6 Å². The molecule has 3 rings (SSSR count). The van der Waals surface area contributed by atoms with Crippen molar-refractivity contribution in [2.45, 2.75) is 18.6 Å². The molecule has 19 heavy (non-hydrogen) atoms. The second kappa shape index (κ2) is 4.65. The molecule has 1 aliphatic rings. The number of nitrogens with one attached hydrogen (secondary N) is 1. The van der Waals surface area contributed by atoms with Crippen LogP contribution in [0.4, 0.5) is 13.2 Å². The predicted octanol–water partition coefficient (Wildman–Crippen LogP) is 2.39. The third kappa shape index (κ3) is 2.33. The van der Waals surface area contributed by atoms with Gasteiger partial charge in [0, 0.05) is 18.5 Å². The Balaban J connectivity index is 1.86. The molecule has 4 nitrogen and oxygen atoms in total. The molecule has 1 aromatic heterocycles. The standard InChI is InChI=1S/C12H10F3N3O/c13-7-4-10(16-5-7)12-17-11(18-19-12)6-1-2-8(14)9(15)3-6/h1-3,7,10,16H,4-5H2/t7-,10+/m0/s1.